The van der Waals surface area contributed by atoms with Crippen LogP contribution in [0.1, 0.15) is 20.8 Å². The van der Waals surface area contributed by atoms with E-state index in [4.69, 9.17) is 0 Å². The van der Waals surface area contributed by atoms with E-state index in [-0.39, 0.29) is 18.4 Å². The molecule has 5 nitrogen and oxygen atoms in total. The Morgan fingerprint density at radius 1 is 0.963 bits per heavy atom. The van der Waals surface area contributed by atoms with Gasteiger partial charge in [-0.1, -0.05) is 48.0 Å². The Labute approximate surface area is 162 Å². The first kappa shape index (κ1) is 18.7. The zero-order valence-electron chi connectivity index (χ0n) is 15.2. The van der Waals surface area contributed by atoms with Crippen LogP contribution >= 0.6 is 11.3 Å². The van der Waals surface area contributed by atoms with E-state index in [0.717, 1.165) is 22.4 Å². The highest BCUT2D eigenvalue weighted by Gasteiger charge is 2.15. The average molecular weight is 379 g/mol. The van der Waals surface area contributed by atoms with Gasteiger partial charge < -0.3 is 5.32 Å². The van der Waals surface area contributed by atoms with Gasteiger partial charge in [0.25, 0.3) is 11.8 Å². The average Bonchev–Trinajstić information content (AvgIpc) is 3.16. The molecular weight excluding hydrogens is 358 g/mol. The molecule has 0 saturated carbocycles. The fourth-order valence-electron chi connectivity index (χ4n) is 2.75. The molecule has 0 aliphatic rings. The molecule has 0 radical (unpaired) electrons. The highest BCUT2D eigenvalue weighted by Crippen LogP contribution is 2.27. The minimum absolute atomic E-state index is 0.0696. The van der Waals surface area contributed by atoms with Gasteiger partial charge in [0.15, 0.2) is 0 Å². The second-order valence-electron chi connectivity index (χ2n) is 6.20. The van der Waals surface area contributed by atoms with Crippen LogP contribution in [-0.4, -0.2) is 18.4 Å². The number of hydrogen-bond acceptors (Lipinski definition) is 4. The maximum atomic E-state index is 12.4. The molecule has 0 saturated heterocycles. The van der Waals surface area contributed by atoms with Crippen LogP contribution in [0.2, 0.25) is 0 Å². The lowest BCUT2D eigenvalue weighted by molar-refractivity contribution is -0.120. The van der Waals surface area contributed by atoms with Crippen molar-refractivity contribution >= 4 is 28.8 Å². The number of aryl methyl sites for hydroxylation is 2. The van der Waals surface area contributed by atoms with Crippen LogP contribution in [0.15, 0.2) is 60.0 Å². The van der Waals surface area contributed by atoms with Crippen LogP contribution in [0, 0.1) is 13.8 Å². The number of carbonyl (C=O) groups is 2. The third kappa shape index (κ3) is 4.74. The number of hydrogen-bond donors (Lipinski definition) is 3. The molecule has 138 valence electrons. The summed E-state index contributed by atoms with van der Waals surface area (Å²) in [7, 11) is 0. The molecule has 3 rings (SSSR count). The Morgan fingerprint density at radius 2 is 1.74 bits per heavy atom. The highest BCUT2D eigenvalue weighted by atomic mass is 32.1. The molecule has 0 unspecified atom stereocenters. The van der Waals surface area contributed by atoms with Crippen molar-refractivity contribution in [3.05, 3.63) is 76.0 Å². The van der Waals surface area contributed by atoms with Crippen molar-refractivity contribution in [2.75, 3.05) is 11.9 Å². The van der Waals surface area contributed by atoms with Gasteiger partial charge in [-0.05, 0) is 42.5 Å². The van der Waals surface area contributed by atoms with Crippen molar-refractivity contribution in [2.45, 2.75) is 13.8 Å². The number of amides is 2. The molecule has 1 heterocycles. The number of carbonyl (C=O) groups excluding carboxylic acids is 2. The van der Waals surface area contributed by atoms with Gasteiger partial charge in [0.1, 0.15) is 4.88 Å². The molecule has 0 spiro atoms. The van der Waals surface area contributed by atoms with E-state index >= 15 is 0 Å². The number of anilines is 1. The number of nitrogens with one attached hydrogen (secondary N) is 3. The maximum Gasteiger partial charge on any atom is 0.280 e. The van der Waals surface area contributed by atoms with E-state index in [1.54, 1.807) is 0 Å². The van der Waals surface area contributed by atoms with Gasteiger partial charge in [0.05, 0.1) is 6.54 Å². The van der Waals surface area contributed by atoms with Gasteiger partial charge in [0, 0.05) is 11.3 Å². The Morgan fingerprint density at radius 3 is 2.48 bits per heavy atom. The topological polar surface area (TPSA) is 70.2 Å². The zero-order chi connectivity index (χ0) is 19.2. The molecule has 2 amide bonds. The maximum absolute atomic E-state index is 12.4. The second-order valence-corrected chi connectivity index (χ2v) is 7.12. The fraction of sp³-hybridized carbons (Fsp3) is 0.143. The van der Waals surface area contributed by atoms with Crippen LogP contribution in [0.5, 0.6) is 0 Å². The molecule has 0 fully saturated rings. The first-order chi connectivity index (χ1) is 13.0. The summed E-state index contributed by atoms with van der Waals surface area (Å²) >= 11 is 1.34. The summed E-state index contributed by atoms with van der Waals surface area (Å²) in [4.78, 5) is 25.0. The largest absolute Gasteiger partial charge is 0.376 e. The number of thiophene rings is 1. The summed E-state index contributed by atoms with van der Waals surface area (Å²) in [6.07, 6.45) is 0. The molecule has 0 bridgehead atoms. The fourth-order valence-corrected chi connectivity index (χ4v) is 3.56. The van der Waals surface area contributed by atoms with E-state index in [0.29, 0.717) is 4.88 Å². The number of benzene rings is 2. The van der Waals surface area contributed by atoms with E-state index in [1.165, 1.54) is 16.9 Å². The summed E-state index contributed by atoms with van der Waals surface area (Å²) in [6, 6.07) is 17.5. The molecule has 3 aromatic rings. The van der Waals surface area contributed by atoms with Gasteiger partial charge in [-0.25, -0.2) is 0 Å². The van der Waals surface area contributed by atoms with Crippen molar-refractivity contribution in [2.24, 2.45) is 0 Å². The molecule has 3 N–H and O–H groups in total. The molecule has 27 heavy (non-hydrogen) atoms. The normalized spacial score (nSPS) is 10.3. The van der Waals surface area contributed by atoms with Gasteiger partial charge >= 0.3 is 0 Å². The summed E-state index contributed by atoms with van der Waals surface area (Å²) in [5.41, 5.74) is 9.88. The molecule has 6 heteroatoms. The molecule has 0 atom stereocenters. The van der Waals surface area contributed by atoms with Crippen molar-refractivity contribution in [3.63, 3.8) is 0 Å². The summed E-state index contributed by atoms with van der Waals surface area (Å²) < 4.78 is 0. The van der Waals surface area contributed by atoms with Crippen LogP contribution in [0.4, 0.5) is 5.69 Å². The lowest BCUT2D eigenvalue weighted by Crippen LogP contribution is -2.44. The Balaban J connectivity index is 1.55. The minimum atomic E-state index is -0.330. The quantitative estimate of drug-likeness (QED) is 0.589. The molecule has 0 aliphatic heterocycles. The van der Waals surface area contributed by atoms with Gasteiger partial charge in [-0.2, -0.15) is 0 Å². The first-order valence-corrected chi connectivity index (χ1v) is 9.46. The first-order valence-electron chi connectivity index (χ1n) is 8.58. The van der Waals surface area contributed by atoms with Crippen molar-refractivity contribution < 1.29 is 9.59 Å². The lowest BCUT2D eigenvalue weighted by Gasteiger charge is -2.11. The third-order valence-electron chi connectivity index (χ3n) is 4.09. The van der Waals surface area contributed by atoms with E-state index in [9.17, 15) is 9.59 Å². The molecule has 1 aromatic heterocycles. The van der Waals surface area contributed by atoms with Crippen molar-refractivity contribution in [1.82, 2.24) is 10.9 Å². The SMILES string of the molecule is Cc1ccc(NCC(=O)NNC(=O)c2sccc2-c2ccccc2)c(C)c1. The highest BCUT2D eigenvalue weighted by molar-refractivity contribution is 7.12. The molecular formula is C21H21N3O2S. The van der Waals surface area contributed by atoms with Crippen LogP contribution < -0.4 is 16.2 Å². The minimum Gasteiger partial charge on any atom is -0.376 e. The summed E-state index contributed by atoms with van der Waals surface area (Å²) in [6.45, 7) is 4.07. The van der Waals surface area contributed by atoms with E-state index in [2.05, 4.69) is 16.2 Å². The lowest BCUT2D eigenvalue weighted by atomic mass is 10.1. The van der Waals surface area contributed by atoms with Crippen molar-refractivity contribution in [3.8, 4) is 11.1 Å². The van der Waals surface area contributed by atoms with Crippen molar-refractivity contribution in [1.29, 1.82) is 0 Å². The number of rotatable bonds is 5. The molecule has 0 aliphatic carbocycles. The summed E-state index contributed by atoms with van der Waals surface area (Å²) in [5, 5.41) is 4.94. The monoisotopic (exact) mass is 379 g/mol. The molecule has 2 aromatic carbocycles. The van der Waals surface area contributed by atoms with Crippen LogP contribution in [-0.2, 0) is 4.79 Å². The van der Waals surface area contributed by atoms with Gasteiger partial charge in [-0.3, -0.25) is 20.4 Å². The smallest absolute Gasteiger partial charge is 0.280 e. The van der Waals surface area contributed by atoms with E-state index < -0.39 is 0 Å². The Hall–Kier alpha value is -3.12. The van der Waals surface area contributed by atoms with E-state index in [1.807, 2.05) is 73.8 Å². The summed E-state index contributed by atoms with van der Waals surface area (Å²) in [5.74, 6) is -0.648. The van der Waals surface area contributed by atoms with Crippen LogP contribution in [0.25, 0.3) is 11.1 Å². The predicted molar refractivity (Wildman–Crippen MR) is 110 cm³/mol. The standard InChI is InChI=1S/C21H21N3O2S/c1-14-8-9-18(15(2)12-14)22-13-19(25)23-24-21(26)20-17(10-11-27-20)16-6-4-3-5-7-16/h3-12,22H,13H2,1-2H3,(H,23,25)(H,24,26). The third-order valence-corrected chi connectivity index (χ3v) is 5.01. The van der Waals surface area contributed by atoms with Crippen LogP contribution in [0.3, 0.4) is 0 Å². The number of hydrazine groups is 1. The Bertz CT molecular complexity index is 951. The Kier molecular flexibility index (Phi) is 5.88. The second kappa shape index (κ2) is 8.51. The predicted octanol–water partition coefficient (Wildman–Crippen LogP) is 3.91. The zero-order valence-corrected chi connectivity index (χ0v) is 16.0. The van der Waals surface area contributed by atoms with Gasteiger partial charge in [-0.15, -0.1) is 11.3 Å². The van der Waals surface area contributed by atoms with Gasteiger partial charge in [0.2, 0.25) is 0 Å².